The summed E-state index contributed by atoms with van der Waals surface area (Å²) in [6.07, 6.45) is 4.64. The van der Waals surface area contributed by atoms with Crippen LogP contribution in [-0.4, -0.2) is 48.4 Å². The minimum Gasteiger partial charge on any atom is -0.382 e. The summed E-state index contributed by atoms with van der Waals surface area (Å²) in [5, 5.41) is 4.37. The molecule has 1 fully saturated rings. The average Bonchev–Trinajstić information content (AvgIpc) is 3.02. The molecule has 0 bridgehead atoms. The zero-order valence-corrected chi connectivity index (χ0v) is 15.9. The molecule has 0 spiro atoms. The van der Waals surface area contributed by atoms with E-state index >= 15 is 0 Å². The molecule has 9 heteroatoms. The van der Waals surface area contributed by atoms with E-state index in [-0.39, 0.29) is 10.9 Å². The van der Waals surface area contributed by atoms with Crippen molar-refractivity contribution in [3.63, 3.8) is 0 Å². The molecular formula is C18H22N6O2S. The van der Waals surface area contributed by atoms with Crippen molar-refractivity contribution in [2.75, 3.05) is 30.0 Å². The molecule has 4 N–H and O–H groups in total. The summed E-state index contributed by atoms with van der Waals surface area (Å²) in [5.41, 5.74) is 15.7. The van der Waals surface area contributed by atoms with Crippen LogP contribution in [0.4, 0.5) is 11.5 Å². The van der Waals surface area contributed by atoms with E-state index in [0.29, 0.717) is 5.82 Å². The molecule has 0 amide bonds. The fourth-order valence-corrected chi connectivity index (χ4v) is 4.23. The highest BCUT2D eigenvalue weighted by atomic mass is 32.2. The van der Waals surface area contributed by atoms with Crippen molar-refractivity contribution in [2.24, 2.45) is 5.73 Å². The minimum absolute atomic E-state index is 0.122. The van der Waals surface area contributed by atoms with Gasteiger partial charge >= 0.3 is 0 Å². The Hall–Kier alpha value is -2.65. The Morgan fingerprint density at radius 3 is 2.63 bits per heavy atom. The predicted octanol–water partition coefficient (Wildman–Crippen LogP) is 1.31. The van der Waals surface area contributed by atoms with E-state index in [1.807, 2.05) is 6.07 Å². The molecule has 1 atom stereocenters. The number of hydrogen-bond acceptors (Lipinski definition) is 7. The maximum absolute atomic E-state index is 11.7. The first kappa shape index (κ1) is 17.7. The SMILES string of the molecule is CS(=O)(=O)c1ccc(-c2cc(N3CCC[C@H](N)C3)c3c(N)ncnn23)cc1. The second-order valence-electron chi connectivity index (χ2n) is 6.97. The summed E-state index contributed by atoms with van der Waals surface area (Å²) in [4.78, 5) is 6.64. The largest absolute Gasteiger partial charge is 0.382 e. The van der Waals surface area contributed by atoms with Gasteiger partial charge in [-0.3, -0.25) is 0 Å². The Balaban J connectivity index is 1.85. The number of nitrogens with zero attached hydrogens (tertiary/aromatic N) is 4. The summed E-state index contributed by atoms with van der Waals surface area (Å²) in [6.45, 7) is 1.65. The van der Waals surface area contributed by atoms with Crippen LogP contribution < -0.4 is 16.4 Å². The number of hydrogen-bond donors (Lipinski definition) is 2. The number of piperidine rings is 1. The second kappa shape index (κ2) is 6.50. The molecule has 1 aliphatic heterocycles. The van der Waals surface area contributed by atoms with Gasteiger partial charge in [0.15, 0.2) is 15.7 Å². The van der Waals surface area contributed by atoms with E-state index in [2.05, 4.69) is 15.0 Å². The molecule has 8 nitrogen and oxygen atoms in total. The molecule has 0 radical (unpaired) electrons. The first-order chi connectivity index (χ1) is 12.8. The quantitative estimate of drug-likeness (QED) is 0.696. The van der Waals surface area contributed by atoms with Crippen LogP contribution in [0, 0.1) is 0 Å². The van der Waals surface area contributed by atoms with Gasteiger partial charge in [-0.2, -0.15) is 5.10 Å². The van der Waals surface area contributed by atoms with E-state index in [0.717, 1.165) is 48.4 Å². The highest BCUT2D eigenvalue weighted by molar-refractivity contribution is 7.90. The van der Waals surface area contributed by atoms with Gasteiger partial charge in [0.05, 0.1) is 16.3 Å². The number of benzene rings is 1. The van der Waals surface area contributed by atoms with Gasteiger partial charge in [0, 0.05) is 31.0 Å². The molecule has 3 heterocycles. The second-order valence-corrected chi connectivity index (χ2v) is 8.98. The van der Waals surface area contributed by atoms with E-state index in [1.54, 1.807) is 28.8 Å². The lowest BCUT2D eigenvalue weighted by Gasteiger charge is -2.32. The van der Waals surface area contributed by atoms with Gasteiger partial charge in [0.25, 0.3) is 0 Å². The number of nitrogens with two attached hydrogens (primary N) is 2. The van der Waals surface area contributed by atoms with Crippen LogP contribution in [-0.2, 0) is 9.84 Å². The normalized spacial score (nSPS) is 18.1. The van der Waals surface area contributed by atoms with Gasteiger partial charge in [-0.05, 0) is 31.0 Å². The molecule has 3 aromatic rings. The Morgan fingerprint density at radius 2 is 1.96 bits per heavy atom. The van der Waals surface area contributed by atoms with Crippen molar-refractivity contribution in [3.05, 3.63) is 36.7 Å². The lowest BCUT2D eigenvalue weighted by molar-refractivity contribution is 0.507. The number of nitrogen functional groups attached to an aromatic ring is 1. The van der Waals surface area contributed by atoms with Gasteiger partial charge in [-0.1, -0.05) is 12.1 Å². The van der Waals surface area contributed by atoms with E-state index in [4.69, 9.17) is 11.5 Å². The molecule has 1 aliphatic rings. The zero-order valence-electron chi connectivity index (χ0n) is 15.0. The third-order valence-electron chi connectivity index (χ3n) is 4.94. The zero-order chi connectivity index (χ0) is 19.2. The molecule has 1 saturated heterocycles. The Labute approximate surface area is 157 Å². The van der Waals surface area contributed by atoms with Crippen LogP contribution in [0.5, 0.6) is 0 Å². The molecule has 2 aromatic heterocycles. The van der Waals surface area contributed by atoms with Gasteiger partial charge in [0.1, 0.15) is 11.8 Å². The molecule has 1 aromatic carbocycles. The summed E-state index contributed by atoms with van der Waals surface area (Å²) >= 11 is 0. The van der Waals surface area contributed by atoms with Crippen LogP contribution in [0.25, 0.3) is 16.8 Å². The van der Waals surface area contributed by atoms with Crippen molar-refractivity contribution in [1.82, 2.24) is 14.6 Å². The van der Waals surface area contributed by atoms with Crippen molar-refractivity contribution in [1.29, 1.82) is 0 Å². The van der Waals surface area contributed by atoms with Crippen LogP contribution in [0.2, 0.25) is 0 Å². The van der Waals surface area contributed by atoms with Gasteiger partial charge < -0.3 is 16.4 Å². The van der Waals surface area contributed by atoms with Gasteiger partial charge in [0.2, 0.25) is 0 Å². The first-order valence-corrected chi connectivity index (χ1v) is 10.7. The Morgan fingerprint density at radius 1 is 1.22 bits per heavy atom. The van der Waals surface area contributed by atoms with Crippen LogP contribution in [0.3, 0.4) is 0 Å². The van der Waals surface area contributed by atoms with Gasteiger partial charge in [-0.25, -0.2) is 17.9 Å². The number of anilines is 2. The van der Waals surface area contributed by atoms with Crippen molar-refractivity contribution in [3.8, 4) is 11.3 Å². The summed E-state index contributed by atoms with van der Waals surface area (Å²) in [6, 6.07) is 8.91. The topological polar surface area (TPSA) is 120 Å². The number of aromatic nitrogens is 3. The summed E-state index contributed by atoms with van der Waals surface area (Å²) in [7, 11) is -3.24. The standard InChI is InChI=1S/C18H22N6O2S/c1-27(25,26)14-6-4-12(5-7-14)15-9-16(23-8-2-3-13(19)10-23)17-18(20)21-11-22-24(15)17/h4-7,9,11,13H,2-3,8,10,19H2,1H3,(H2,20,21,22)/t13-/m0/s1. The summed E-state index contributed by atoms with van der Waals surface area (Å²) < 4.78 is 25.2. The highest BCUT2D eigenvalue weighted by Gasteiger charge is 2.23. The predicted molar refractivity (Wildman–Crippen MR) is 105 cm³/mol. The number of rotatable bonds is 3. The number of fused-ring (bicyclic) bond motifs is 1. The van der Waals surface area contributed by atoms with E-state index < -0.39 is 9.84 Å². The van der Waals surface area contributed by atoms with E-state index in [9.17, 15) is 8.42 Å². The average molecular weight is 386 g/mol. The molecule has 27 heavy (non-hydrogen) atoms. The van der Waals surface area contributed by atoms with Gasteiger partial charge in [-0.15, -0.1) is 0 Å². The van der Waals surface area contributed by atoms with Crippen molar-refractivity contribution < 1.29 is 8.42 Å². The molecule has 0 aliphatic carbocycles. The van der Waals surface area contributed by atoms with Crippen LogP contribution in [0.1, 0.15) is 12.8 Å². The molecule has 0 saturated carbocycles. The maximum Gasteiger partial charge on any atom is 0.175 e. The monoisotopic (exact) mass is 386 g/mol. The van der Waals surface area contributed by atoms with Crippen LogP contribution in [0.15, 0.2) is 41.6 Å². The van der Waals surface area contributed by atoms with Crippen molar-refractivity contribution >= 4 is 26.9 Å². The molecule has 0 unspecified atom stereocenters. The minimum atomic E-state index is -3.24. The molecule has 142 valence electrons. The Kier molecular flexibility index (Phi) is 4.27. The van der Waals surface area contributed by atoms with E-state index in [1.165, 1.54) is 12.6 Å². The Bertz CT molecular complexity index is 1090. The third kappa shape index (κ3) is 3.24. The number of sulfone groups is 1. The lowest BCUT2D eigenvalue weighted by Crippen LogP contribution is -2.42. The van der Waals surface area contributed by atoms with Crippen LogP contribution >= 0.6 is 0 Å². The molecule has 4 rings (SSSR count). The maximum atomic E-state index is 11.7. The third-order valence-corrected chi connectivity index (χ3v) is 6.07. The fourth-order valence-electron chi connectivity index (χ4n) is 3.60. The summed E-state index contributed by atoms with van der Waals surface area (Å²) in [5.74, 6) is 0.401. The lowest BCUT2D eigenvalue weighted by atomic mass is 10.1. The highest BCUT2D eigenvalue weighted by Crippen LogP contribution is 2.35. The smallest absolute Gasteiger partial charge is 0.175 e. The van der Waals surface area contributed by atoms with Crippen molar-refractivity contribution in [2.45, 2.75) is 23.8 Å². The molecular weight excluding hydrogens is 364 g/mol. The fraction of sp³-hybridized carbons (Fsp3) is 0.333. The first-order valence-electron chi connectivity index (χ1n) is 8.78.